The van der Waals surface area contributed by atoms with Gasteiger partial charge in [-0.25, -0.2) is 4.79 Å². The van der Waals surface area contributed by atoms with E-state index in [1.165, 1.54) is 0 Å². The summed E-state index contributed by atoms with van der Waals surface area (Å²) in [6.07, 6.45) is -0.545. The number of carbonyl (C=O) groups excluding carboxylic acids is 1. The second kappa shape index (κ2) is 4.45. The first-order valence-corrected chi connectivity index (χ1v) is 4.21. The molecule has 1 atom stereocenters. The van der Waals surface area contributed by atoms with E-state index in [4.69, 9.17) is 0 Å². The fourth-order valence-corrected chi connectivity index (χ4v) is 0.902. The molecule has 12 heavy (non-hydrogen) atoms. The van der Waals surface area contributed by atoms with E-state index in [0.29, 0.717) is 13.0 Å². The average molecular weight is 174 g/mol. The first kappa shape index (κ1) is 11.4. The quantitative estimate of drug-likeness (QED) is 0.657. The van der Waals surface area contributed by atoms with Crippen LogP contribution in [-0.2, 0) is 9.53 Å². The molecule has 0 aliphatic rings. The van der Waals surface area contributed by atoms with Crippen molar-refractivity contribution in [3.8, 4) is 0 Å². The minimum Gasteiger partial charge on any atom is -0.464 e. The Hall–Kier alpha value is -0.570. The molecule has 0 fully saturated rings. The number of aliphatic hydroxyl groups is 1. The van der Waals surface area contributed by atoms with Crippen LogP contribution in [0.25, 0.3) is 0 Å². The van der Waals surface area contributed by atoms with Crippen LogP contribution in [0.3, 0.4) is 0 Å². The molecule has 0 radical (unpaired) electrons. The number of hydrogen-bond acceptors (Lipinski definition) is 3. The van der Waals surface area contributed by atoms with E-state index in [2.05, 4.69) is 4.74 Å². The molecule has 0 saturated carbocycles. The molecule has 0 rings (SSSR count). The lowest BCUT2D eigenvalue weighted by molar-refractivity contribution is -0.154. The van der Waals surface area contributed by atoms with Gasteiger partial charge in [0.1, 0.15) is 0 Å². The van der Waals surface area contributed by atoms with Crippen LogP contribution in [0.2, 0.25) is 0 Å². The van der Waals surface area contributed by atoms with E-state index in [9.17, 15) is 9.90 Å². The summed E-state index contributed by atoms with van der Waals surface area (Å²) in [5.41, 5.74) is -0.0494. The number of esters is 1. The van der Waals surface area contributed by atoms with Crippen LogP contribution in [0, 0.1) is 5.41 Å². The minimum absolute atomic E-state index is 0.0494. The fourth-order valence-electron chi connectivity index (χ4n) is 0.902. The monoisotopic (exact) mass is 174 g/mol. The standard InChI is InChI=1S/C9H18O3/c1-5-12-8(11)7(10)6-9(2,3)4/h7,10H,5-6H2,1-4H3. The van der Waals surface area contributed by atoms with Crippen LogP contribution in [-0.4, -0.2) is 23.8 Å². The minimum atomic E-state index is -0.982. The lowest BCUT2D eigenvalue weighted by Crippen LogP contribution is -2.27. The Morgan fingerprint density at radius 2 is 2.00 bits per heavy atom. The third-order valence-corrected chi connectivity index (χ3v) is 1.36. The molecule has 3 nitrogen and oxygen atoms in total. The van der Waals surface area contributed by atoms with Crippen molar-refractivity contribution in [1.82, 2.24) is 0 Å². The molecule has 72 valence electrons. The van der Waals surface area contributed by atoms with Gasteiger partial charge in [-0.05, 0) is 18.8 Å². The summed E-state index contributed by atoms with van der Waals surface area (Å²) in [7, 11) is 0. The van der Waals surface area contributed by atoms with Crippen LogP contribution < -0.4 is 0 Å². The second-order valence-electron chi connectivity index (χ2n) is 4.03. The van der Waals surface area contributed by atoms with E-state index in [1.54, 1.807) is 6.92 Å². The molecule has 0 saturated heterocycles. The van der Waals surface area contributed by atoms with Gasteiger partial charge in [-0.15, -0.1) is 0 Å². The average Bonchev–Trinajstić information content (AvgIpc) is 1.84. The van der Waals surface area contributed by atoms with Crippen molar-refractivity contribution in [2.45, 2.75) is 40.2 Å². The Kier molecular flexibility index (Phi) is 4.24. The van der Waals surface area contributed by atoms with E-state index in [-0.39, 0.29) is 5.41 Å². The Morgan fingerprint density at radius 3 is 2.33 bits per heavy atom. The van der Waals surface area contributed by atoms with Gasteiger partial charge in [0, 0.05) is 0 Å². The maximum Gasteiger partial charge on any atom is 0.334 e. The third kappa shape index (κ3) is 5.13. The molecular weight excluding hydrogens is 156 g/mol. The molecule has 0 amide bonds. The normalized spacial score (nSPS) is 14.1. The zero-order valence-corrected chi connectivity index (χ0v) is 8.26. The molecule has 1 N–H and O–H groups in total. The molecule has 1 unspecified atom stereocenters. The van der Waals surface area contributed by atoms with Crippen molar-refractivity contribution in [1.29, 1.82) is 0 Å². The number of ether oxygens (including phenoxy) is 1. The van der Waals surface area contributed by atoms with Crippen LogP contribution in [0.1, 0.15) is 34.1 Å². The molecule has 0 aromatic carbocycles. The van der Waals surface area contributed by atoms with Crippen LogP contribution in [0.15, 0.2) is 0 Å². The Labute approximate surface area is 73.7 Å². The number of rotatable bonds is 3. The zero-order valence-electron chi connectivity index (χ0n) is 8.26. The van der Waals surface area contributed by atoms with Crippen molar-refractivity contribution in [2.24, 2.45) is 5.41 Å². The Morgan fingerprint density at radius 1 is 1.50 bits per heavy atom. The summed E-state index contributed by atoms with van der Waals surface area (Å²) in [6.45, 7) is 7.95. The van der Waals surface area contributed by atoms with Gasteiger partial charge in [0.15, 0.2) is 6.10 Å². The van der Waals surface area contributed by atoms with E-state index in [1.807, 2.05) is 20.8 Å². The summed E-state index contributed by atoms with van der Waals surface area (Å²) in [5, 5.41) is 9.31. The first-order chi connectivity index (χ1) is 5.37. The summed E-state index contributed by atoms with van der Waals surface area (Å²) >= 11 is 0. The Bertz CT molecular complexity index is 146. The topological polar surface area (TPSA) is 46.5 Å². The lowest BCUT2D eigenvalue weighted by atomic mass is 9.89. The van der Waals surface area contributed by atoms with Gasteiger partial charge in [-0.1, -0.05) is 20.8 Å². The predicted molar refractivity (Wildman–Crippen MR) is 46.7 cm³/mol. The number of carbonyl (C=O) groups is 1. The fraction of sp³-hybridized carbons (Fsp3) is 0.889. The molecule has 0 bridgehead atoms. The van der Waals surface area contributed by atoms with E-state index in [0.717, 1.165) is 0 Å². The summed E-state index contributed by atoms with van der Waals surface area (Å²) in [6, 6.07) is 0. The second-order valence-corrected chi connectivity index (χ2v) is 4.03. The molecule has 3 heteroatoms. The molecule has 0 aromatic heterocycles. The van der Waals surface area contributed by atoms with Crippen LogP contribution >= 0.6 is 0 Å². The van der Waals surface area contributed by atoms with Gasteiger partial charge in [-0.2, -0.15) is 0 Å². The van der Waals surface area contributed by atoms with Crippen molar-refractivity contribution >= 4 is 5.97 Å². The summed E-state index contributed by atoms with van der Waals surface area (Å²) in [4.78, 5) is 10.9. The van der Waals surface area contributed by atoms with Crippen molar-refractivity contribution < 1.29 is 14.6 Å². The Balaban J connectivity index is 3.87. The highest BCUT2D eigenvalue weighted by atomic mass is 16.5. The van der Waals surface area contributed by atoms with Gasteiger partial charge < -0.3 is 9.84 Å². The van der Waals surface area contributed by atoms with Gasteiger partial charge in [0.25, 0.3) is 0 Å². The van der Waals surface area contributed by atoms with E-state index < -0.39 is 12.1 Å². The highest BCUT2D eigenvalue weighted by molar-refractivity contribution is 5.74. The SMILES string of the molecule is CCOC(=O)C(O)CC(C)(C)C. The van der Waals surface area contributed by atoms with Crippen molar-refractivity contribution in [3.63, 3.8) is 0 Å². The number of aliphatic hydroxyl groups excluding tert-OH is 1. The molecule has 0 aromatic rings. The van der Waals surface area contributed by atoms with Gasteiger partial charge in [-0.3, -0.25) is 0 Å². The first-order valence-electron chi connectivity index (χ1n) is 4.21. The largest absolute Gasteiger partial charge is 0.464 e. The zero-order chi connectivity index (χ0) is 9.78. The molecule has 0 aliphatic carbocycles. The third-order valence-electron chi connectivity index (χ3n) is 1.36. The van der Waals surface area contributed by atoms with Crippen LogP contribution in [0.5, 0.6) is 0 Å². The number of hydrogen-bond donors (Lipinski definition) is 1. The highest BCUT2D eigenvalue weighted by Crippen LogP contribution is 2.21. The van der Waals surface area contributed by atoms with Gasteiger partial charge in [0.05, 0.1) is 6.61 Å². The molecule has 0 spiro atoms. The molecule has 0 aliphatic heterocycles. The lowest BCUT2D eigenvalue weighted by Gasteiger charge is -2.20. The summed E-state index contributed by atoms with van der Waals surface area (Å²) < 4.78 is 4.66. The molecular formula is C9H18O3. The van der Waals surface area contributed by atoms with E-state index >= 15 is 0 Å². The highest BCUT2D eigenvalue weighted by Gasteiger charge is 2.23. The maximum atomic E-state index is 10.9. The van der Waals surface area contributed by atoms with Crippen LogP contribution in [0.4, 0.5) is 0 Å². The predicted octanol–water partition coefficient (Wildman–Crippen LogP) is 1.35. The summed E-state index contributed by atoms with van der Waals surface area (Å²) in [5.74, 6) is -0.521. The van der Waals surface area contributed by atoms with Crippen molar-refractivity contribution in [3.05, 3.63) is 0 Å². The maximum absolute atomic E-state index is 10.9. The van der Waals surface area contributed by atoms with Gasteiger partial charge in [0.2, 0.25) is 0 Å². The molecule has 0 heterocycles. The smallest absolute Gasteiger partial charge is 0.334 e. The van der Waals surface area contributed by atoms with Gasteiger partial charge >= 0.3 is 5.97 Å². The van der Waals surface area contributed by atoms with Crippen molar-refractivity contribution in [2.75, 3.05) is 6.61 Å².